The number of amides is 1. The Bertz CT molecular complexity index is 1060. The zero-order valence-electron chi connectivity index (χ0n) is 19.1. The van der Waals surface area contributed by atoms with E-state index in [0.29, 0.717) is 24.0 Å². The van der Waals surface area contributed by atoms with Gasteiger partial charge in [-0.2, -0.15) is 0 Å². The quantitative estimate of drug-likeness (QED) is 0.565. The summed E-state index contributed by atoms with van der Waals surface area (Å²) < 4.78 is 10.6. The number of carbonyl (C=O) groups excluding carboxylic acids is 1. The van der Waals surface area contributed by atoms with Crippen LogP contribution >= 0.6 is 0 Å². The zero-order chi connectivity index (χ0) is 22.5. The normalized spacial score (nSPS) is 16.1. The van der Waals surface area contributed by atoms with E-state index < -0.39 is 0 Å². The van der Waals surface area contributed by atoms with Crippen molar-refractivity contribution in [3.63, 3.8) is 0 Å². The fourth-order valence-electron chi connectivity index (χ4n) is 4.59. The molecule has 0 radical (unpaired) electrons. The van der Waals surface area contributed by atoms with E-state index in [2.05, 4.69) is 32.4 Å². The lowest BCUT2D eigenvalue weighted by atomic mass is 9.89. The van der Waals surface area contributed by atoms with Gasteiger partial charge in [0.25, 0.3) is 0 Å². The molecular weight excluding hydrogens is 404 g/mol. The van der Waals surface area contributed by atoms with Crippen LogP contribution in [0.4, 0.5) is 0 Å². The number of aromatic amines is 1. The zero-order valence-corrected chi connectivity index (χ0v) is 19.1. The summed E-state index contributed by atoms with van der Waals surface area (Å²) in [5, 5.41) is 4.31. The topological polar surface area (TPSA) is 79.5 Å². The Morgan fingerprint density at radius 3 is 2.75 bits per heavy atom. The van der Waals surface area contributed by atoms with Crippen LogP contribution in [-0.2, 0) is 11.2 Å². The van der Waals surface area contributed by atoms with E-state index >= 15 is 0 Å². The van der Waals surface area contributed by atoms with Gasteiger partial charge in [0, 0.05) is 24.3 Å². The van der Waals surface area contributed by atoms with Crippen LogP contribution in [0.3, 0.4) is 0 Å². The summed E-state index contributed by atoms with van der Waals surface area (Å²) in [5.74, 6) is 2.00. The van der Waals surface area contributed by atoms with E-state index in [1.807, 2.05) is 37.4 Å². The summed E-state index contributed by atoms with van der Waals surface area (Å²) >= 11 is 0. The third-order valence-corrected chi connectivity index (χ3v) is 6.54. The molecule has 3 heterocycles. The number of benzene rings is 1. The van der Waals surface area contributed by atoms with Gasteiger partial charge in [-0.25, -0.2) is 4.98 Å². The van der Waals surface area contributed by atoms with Crippen molar-refractivity contribution in [2.75, 3.05) is 33.9 Å². The first-order valence-electron chi connectivity index (χ1n) is 11.3. The summed E-state index contributed by atoms with van der Waals surface area (Å²) in [7, 11) is 3.25. The van der Waals surface area contributed by atoms with Crippen LogP contribution in [0, 0.1) is 0 Å². The number of nitrogens with zero attached hydrogens (tertiary/aromatic N) is 2. The highest BCUT2D eigenvalue weighted by atomic mass is 16.5. The predicted octanol–water partition coefficient (Wildman–Crippen LogP) is 3.51. The van der Waals surface area contributed by atoms with E-state index in [0.717, 1.165) is 43.6 Å². The number of hydrogen-bond acceptors (Lipinski definition) is 5. The summed E-state index contributed by atoms with van der Waals surface area (Å²) in [6, 6.07) is 9.84. The number of ether oxygens (including phenoxy) is 2. The average Bonchev–Trinajstić information content (AvgIpc) is 3.27. The number of rotatable bonds is 8. The van der Waals surface area contributed by atoms with Crippen LogP contribution in [-0.4, -0.2) is 60.7 Å². The standard InChI is InChI=1S/C25H32N4O3/c1-17(25(30)27-12-8-18-6-7-22(31-2)23(15-18)32-3)29-13-9-19(10-14-29)21-16-28-24-20(21)5-4-11-26-24/h4-7,11,15-17,19H,8-10,12-14H2,1-3H3,(H,26,28)(H,27,30). The SMILES string of the molecule is COc1ccc(CCNC(=O)C(C)N2CCC(c3c[nH]c4ncccc34)CC2)cc1OC. The molecule has 3 aromatic rings. The number of hydrogen-bond donors (Lipinski definition) is 2. The highest BCUT2D eigenvalue weighted by molar-refractivity contribution is 5.81. The molecule has 170 valence electrons. The van der Waals surface area contributed by atoms with E-state index in [4.69, 9.17) is 9.47 Å². The summed E-state index contributed by atoms with van der Waals surface area (Å²) in [6.45, 7) is 4.43. The molecule has 1 saturated heterocycles. The van der Waals surface area contributed by atoms with E-state index in [1.54, 1.807) is 14.2 Å². The molecular formula is C25H32N4O3. The maximum absolute atomic E-state index is 12.7. The lowest BCUT2D eigenvalue weighted by molar-refractivity contribution is -0.126. The number of fused-ring (bicyclic) bond motifs is 1. The van der Waals surface area contributed by atoms with Gasteiger partial charge in [0.2, 0.25) is 5.91 Å². The lowest BCUT2D eigenvalue weighted by Gasteiger charge is -2.35. The van der Waals surface area contributed by atoms with Crippen LogP contribution in [0.25, 0.3) is 11.0 Å². The monoisotopic (exact) mass is 436 g/mol. The third-order valence-electron chi connectivity index (χ3n) is 6.54. The van der Waals surface area contributed by atoms with Crippen molar-refractivity contribution >= 4 is 16.9 Å². The molecule has 32 heavy (non-hydrogen) atoms. The fraction of sp³-hybridized carbons (Fsp3) is 0.440. The second-order valence-corrected chi connectivity index (χ2v) is 8.36. The molecule has 1 aliphatic heterocycles. The Morgan fingerprint density at radius 1 is 1.22 bits per heavy atom. The molecule has 0 bridgehead atoms. The molecule has 2 aromatic heterocycles. The molecule has 1 atom stereocenters. The Labute approximate surface area is 189 Å². The molecule has 4 rings (SSSR count). The minimum atomic E-state index is -0.133. The van der Waals surface area contributed by atoms with E-state index in [1.165, 1.54) is 10.9 Å². The molecule has 7 heteroatoms. The molecule has 7 nitrogen and oxygen atoms in total. The summed E-state index contributed by atoms with van der Waals surface area (Å²) in [6.07, 6.45) is 6.75. The first-order valence-corrected chi connectivity index (χ1v) is 11.3. The van der Waals surface area contributed by atoms with Crippen LogP contribution in [0.1, 0.15) is 36.8 Å². The highest BCUT2D eigenvalue weighted by Gasteiger charge is 2.28. The second kappa shape index (κ2) is 10.0. The van der Waals surface area contributed by atoms with Crippen LogP contribution in [0.2, 0.25) is 0 Å². The molecule has 1 fully saturated rings. The number of likely N-dealkylation sites (tertiary alicyclic amines) is 1. The number of nitrogens with one attached hydrogen (secondary N) is 2. The van der Waals surface area contributed by atoms with Crippen molar-refractivity contribution in [3.8, 4) is 11.5 Å². The van der Waals surface area contributed by atoms with Crippen molar-refractivity contribution in [1.82, 2.24) is 20.2 Å². The minimum Gasteiger partial charge on any atom is -0.493 e. The number of piperidine rings is 1. The average molecular weight is 437 g/mol. The van der Waals surface area contributed by atoms with Gasteiger partial charge in [-0.1, -0.05) is 6.07 Å². The van der Waals surface area contributed by atoms with Gasteiger partial charge >= 0.3 is 0 Å². The maximum atomic E-state index is 12.7. The molecule has 1 aliphatic rings. The van der Waals surface area contributed by atoms with Crippen molar-refractivity contribution < 1.29 is 14.3 Å². The van der Waals surface area contributed by atoms with Gasteiger partial charge in [0.15, 0.2) is 11.5 Å². The highest BCUT2D eigenvalue weighted by Crippen LogP contribution is 2.33. The number of H-pyrrole nitrogens is 1. The van der Waals surface area contributed by atoms with Crippen molar-refractivity contribution in [2.24, 2.45) is 0 Å². The maximum Gasteiger partial charge on any atom is 0.237 e. The van der Waals surface area contributed by atoms with Gasteiger partial charge in [0.1, 0.15) is 5.65 Å². The van der Waals surface area contributed by atoms with Gasteiger partial charge < -0.3 is 19.8 Å². The van der Waals surface area contributed by atoms with Gasteiger partial charge in [0.05, 0.1) is 20.3 Å². The number of pyridine rings is 1. The molecule has 0 saturated carbocycles. The van der Waals surface area contributed by atoms with Crippen molar-refractivity contribution in [2.45, 2.75) is 38.1 Å². The lowest BCUT2D eigenvalue weighted by Crippen LogP contribution is -2.48. The first kappa shape index (κ1) is 22.1. The largest absolute Gasteiger partial charge is 0.493 e. The molecule has 1 amide bonds. The Kier molecular flexibility index (Phi) is 6.95. The van der Waals surface area contributed by atoms with Gasteiger partial charge in [-0.15, -0.1) is 0 Å². The number of aromatic nitrogens is 2. The first-order chi connectivity index (χ1) is 15.6. The van der Waals surface area contributed by atoms with Crippen molar-refractivity contribution in [3.05, 3.63) is 53.9 Å². The van der Waals surface area contributed by atoms with Crippen LogP contribution in [0.5, 0.6) is 11.5 Å². The van der Waals surface area contributed by atoms with E-state index in [9.17, 15) is 4.79 Å². The molecule has 0 spiro atoms. The number of methoxy groups -OCH3 is 2. The van der Waals surface area contributed by atoms with Gasteiger partial charge in [-0.3, -0.25) is 9.69 Å². The second-order valence-electron chi connectivity index (χ2n) is 8.36. The summed E-state index contributed by atoms with van der Waals surface area (Å²) in [5.41, 5.74) is 3.40. The Balaban J connectivity index is 1.26. The minimum absolute atomic E-state index is 0.0835. The Morgan fingerprint density at radius 2 is 2.00 bits per heavy atom. The molecule has 1 aromatic carbocycles. The number of carbonyl (C=O) groups is 1. The Hall–Kier alpha value is -3.06. The molecule has 2 N–H and O–H groups in total. The van der Waals surface area contributed by atoms with Crippen LogP contribution in [0.15, 0.2) is 42.7 Å². The van der Waals surface area contributed by atoms with E-state index in [-0.39, 0.29) is 11.9 Å². The summed E-state index contributed by atoms with van der Waals surface area (Å²) in [4.78, 5) is 22.7. The third kappa shape index (κ3) is 4.72. The molecule has 1 unspecified atom stereocenters. The van der Waals surface area contributed by atoms with Crippen molar-refractivity contribution in [1.29, 1.82) is 0 Å². The van der Waals surface area contributed by atoms with Gasteiger partial charge in [-0.05, 0) is 80.6 Å². The fourth-order valence-corrected chi connectivity index (χ4v) is 4.59. The smallest absolute Gasteiger partial charge is 0.237 e. The molecule has 0 aliphatic carbocycles. The predicted molar refractivity (Wildman–Crippen MR) is 125 cm³/mol. The van der Waals surface area contributed by atoms with Crippen LogP contribution < -0.4 is 14.8 Å².